The zero-order valence-electron chi connectivity index (χ0n) is 34.0. The molecule has 5 rings (SSSR count). The average molecular weight is 787 g/mol. The summed E-state index contributed by atoms with van der Waals surface area (Å²) in [5.74, 6) is -1.28. The van der Waals surface area contributed by atoms with Crippen molar-refractivity contribution in [1.29, 1.82) is 0 Å². The topological polar surface area (TPSA) is 141 Å². The van der Waals surface area contributed by atoms with E-state index in [4.69, 9.17) is 37.9 Å². The molecule has 1 aromatic heterocycles. The van der Waals surface area contributed by atoms with Gasteiger partial charge in [0, 0.05) is 31.8 Å². The number of esters is 2. The minimum Gasteiger partial charge on any atom is -0.493 e. The summed E-state index contributed by atoms with van der Waals surface area (Å²) in [4.78, 5) is 46.2. The molecule has 2 aromatic carbocycles. The molecule has 4 unspecified atom stereocenters. The third-order valence-electron chi connectivity index (χ3n) is 9.08. The first-order chi connectivity index (χ1) is 27.1. The van der Waals surface area contributed by atoms with Gasteiger partial charge in [0.2, 0.25) is 0 Å². The Labute approximate surface area is 334 Å². The summed E-state index contributed by atoms with van der Waals surface area (Å²) >= 11 is 0. The first-order valence-corrected chi connectivity index (χ1v) is 19.2. The Bertz CT molecular complexity index is 1870. The number of cyclic esters (lactones) is 1. The number of ether oxygens (including phenoxy) is 8. The third-order valence-corrected chi connectivity index (χ3v) is 9.08. The number of fused-ring (bicyclic) bond motifs is 2. The molecule has 1 saturated heterocycles. The molecule has 0 N–H and O–H groups in total. The summed E-state index contributed by atoms with van der Waals surface area (Å²) in [6, 6.07) is 17.4. The van der Waals surface area contributed by atoms with Gasteiger partial charge in [0.15, 0.2) is 12.6 Å². The largest absolute Gasteiger partial charge is 0.493 e. The van der Waals surface area contributed by atoms with E-state index in [-0.39, 0.29) is 37.2 Å². The van der Waals surface area contributed by atoms with Gasteiger partial charge in [-0.3, -0.25) is 4.90 Å². The second kappa shape index (κ2) is 19.3. The van der Waals surface area contributed by atoms with Crippen LogP contribution >= 0.6 is 0 Å². The Morgan fingerprint density at radius 3 is 2.44 bits per heavy atom. The molecule has 0 bridgehead atoms. The van der Waals surface area contributed by atoms with Gasteiger partial charge < -0.3 is 37.9 Å². The Morgan fingerprint density at radius 1 is 0.982 bits per heavy atom. The molecule has 5 atom stereocenters. The number of methoxy groups -OCH3 is 1. The number of nitrogens with zero attached hydrogens (tertiary/aromatic N) is 2. The highest BCUT2D eigenvalue weighted by Crippen LogP contribution is 2.36. The molecule has 3 aromatic rings. The maximum Gasteiger partial charge on any atom is 0.416 e. The van der Waals surface area contributed by atoms with E-state index in [1.165, 1.54) is 12.0 Å². The number of amides is 1. The fourth-order valence-electron chi connectivity index (χ4n) is 6.23. The monoisotopic (exact) mass is 786 g/mol. The van der Waals surface area contributed by atoms with Crippen LogP contribution in [0.5, 0.6) is 11.5 Å². The van der Waals surface area contributed by atoms with E-state index < -0.39 is 53.8 Å². The first kappa shape index (κ1) is 42.9. The van der Waals surface area contributed by atoms with Crippen LogP contribution in [0.25, 0.3) is 6.08 Å². The van der Waals surface area contributed by atoms with Crippen molar-refractivity contribution >= 4 is 29.9 Å². The molecular formula is C44H54N2O11. The van der Waals surface area contributed by atoms with Gasteiger partial charge in [0.1, 0.15) is 46.8 Å². The van der Waals surface area contributed by atoms with Gasteiger partial charge in [-0.1, -0.05) is 49.4 Å². The van der Waals surface area contributed by atoms with E-state index in [1.807, 2.05) is 39.0 Å². The van der Waals surface area contributed by atoms with Gasteiger partial charge in [-0.25, -0.2) is 19.4 Å². The molecule has 0 saturated carbocycles. The molecule has 2 aliphatic heterocycles. The highest BCUT2D eigenvalue weighted by molar-refractivity contribution is 5.97. The van der Waals surface area contributed by atoms with Crippen molar-refractivity contribution in [1.82, 2.24) is 4.98 Å². The van der Waals surface area contributed by atoms with E-state index >= 15 is 0 Å². The van der Waals surface area contributed by atoms with Crippen molar-refractivity contribution in [2.24, 2.45) is 5.92 Å². The summed E-state index contributed by atoms with van der Waals surface area (Å²) in [6.45, 7) is 13.1. The summed E-state index contributed by atoms with van der Waals surface area (Å²) in [5, 5.41) is 0. The Kier molecular flexibility index (Phi) is 14.5. The predicted octanol–water partition coefficient (Wildman–Crippen LogP) is 8.18. The van der Waals surface area contributed by atoms with E-state index in [0.29, 0.717) is 35.5 Å². The lowest BCUT2D eigenvalue weighted by Crippen LogP contribution is -2.38. The van der Waals surface area contributed by atoms with Gasteiger partial charge in [-0.15, -0.1) is 0 Å². The second-order valence-electron chi connectivity index (χ2n) is 15.3. The standard InChI is InChI=1S/C44H54N2O11/c1-29-21-22-34(54-40(47)31-16-10-9-11-17-31)39-35(55-44(6,7)56-39)19-14-18-32-26-33(27-36(52-28-50-8)38(32)41(48)53-30(29)2)51-25-15-24-46(37-20-12-13-23-45-37)42(49)57-43(3,4)5/h9-14,16-18,20-23,26-27,29-30,34-35,39H,15,19,24-25,28H2,1-8H3/b18-14+,22-21-/t29-,30?,34?,35?,39?/m1/s1. The van der Waals surface area contributed by atoms with Gasteiger partial charge in [0.25, 0.3) is 0 Å². The van der Waals surface area contributed by atoms with Crippen molar-refractivity contribution in [3.8, 4) is 11.5 Å². The zero-order chi connectivity index (χ0) is 41.2. The number of anilines is 1. The Balaban J connectivity index is 1.43. The molecule has 2 aliphatic rings. The molecule has 0 radical (unpaired) electrons. The molecular weight excluding hydrogens is 732 g/mol. The summed E-state index contributed by atoms with van der Waals surface area (Å²) in [5.41, 5.74) is 0.379. The summed E-state index contributed by atoms with van der Waals surface area (Å²) < 4.78 is 47.8. The number of pyridine rings is 1. The van der Waals surface area contributed by atoms with Gasteiger partial charge >= 0.3 is 18.0 Å². The lowest BCUT2D eigenvalue weighted by molar-refractivity contribution is -0.152. The summed E-state index contributed by atoms with van der Waals surface area (Å²) in [7, 11) is 1.48. The SMILES string of the molecule is COCOc1cc(OCCCN(C(=O)OC(C)(C)C)c2ccccn2)cc2c1C(=O)OC(C)[C@H](C)/C=C\C(OC(=O)c1ccccc1)C1OC(C)(C)OC1C/C=C/2. The smallest absolute Gasteiger partial charge is 0.416 e. The predicted molar refractivity (Wildman–Crippen MR) is 213 cm³/mol. The quantitative estimate of drug-likeness (QED) is 0.0609. The molecule has 3 heterocycles. The lowest BCUT2D eigenvalue weighted by Gasteiger charge is -2.26. The number of carbonyl (C=O) groups is 3. The molecule has 0 aliphatic carbocycles. The second-order valence-corrected chi connectivity index (χ2v) is 15.3. The van der Waals surface area contributed by atoms with Crippen molar-refractivity contribution in [2.75, 3.05) is 32.0 Å². The van der Waals surface area contributed by atoms with E-state index in [9.17, 15) is 14.4 Å². The van der Waals surface area contributed by atoms with Gasteiger partial charge in [-0.05, 0) is 96.4 Å². The normalized spacial score (nSPS) is 23.1. The van der Waals surface area contributed by atoms with Crippen LogP contribution in [0.4, 0.5) is 10.6 Å². The van der Waals surface area contributed by atoms with E-state index in [2.05, 4.69) is 4.98 Å². The Morgan fingerprint density at radius 2 is 1.74 bits per heavy atom. The van der Waals surface area contributed by atoms with Crippen molar-refractivity contribution in [3.63, 3.8) is 0 Å². The highest BCUT2D eigenvalue weighted by atomic mass is 16.8. The maximum atomic E-state index is 14.0. The molecule has 0 spiro atoms. The van der Waals surface area contributed by atoms with Gasteiger partial charge in [-0.2, -0.15) is 0 Å². The molecule has 13 nitrogen and oxygen atoms in total. The van der Waals surface area contributed by atoms with Crippen LogP contribution in [-0.4, -0.2) is 85.9 Å². The molecule has 306 valence electrons. The zero-order valence-corrected chi connectivity index (χ0v) is 34.0. The number of hydrogen-bond acceptors (Lipinski definition) is 12. The number of hydrogen-bond donors (Lipinski definition) is 0. The fourth-order valence-corrected chi connectivity index (χ4v) is 6.23. The summed E-state index contributed by atoms with van der Waals surface area (Å²) in [6.07, 6.45) is 6.57. The van der Waals surface area contributed by atoms with Crippen molar-refractivity contribution in [2.45, 2.75) is 97.1 Å². The molecule has 1 fully saturated rings. The van der Waals surface area contributed by atoms with Crippen LogP contribution in [0.15, 0.2) is 85.1 Å². The first-order valence-electron chi connectivity index (χ1n) is 19.2. The van der Waals surface area contributed by atoms with Crippen LogP contribution in [0, 0.1) is 5.92 Å². The van der Waals surface area contributed by atoms with Crippen molar-refractivity contribution < 1.29 is 52.3 Å². The minimum atomic E-state index is -0.962. The van der Waals surface area contributed by atoms with Crippen molar-refractivity contribution in [3.05, 3.63) is 102 Å². The third kappa shape index (κ3) is 12.1. The van der Waals surface area contributed by atoms with Crippen LogP contribution in [0.2, 0.25) is 0 Å². The highest BCUT2D eigenvalue weighted by Gasteiger charge is 2.45. The van der Waals surface area contributed by atoms with Crippen LogP contribution in [0.1, 0.15) is 87.6 Å². The van der Waals surface area contributed by atoms with E-state index in [1.54, 1.807) is 101 Å². The molecule has 13 heteroatoms. The Hall–Kier alpha value is -5.24. The number of carbonyl (C=O) groups excluding carboxylic acids is 3. The van der Waals surface area contributed by atoms with Crippen LogP contribution < -0.4 is 14.4 Å². The van der Waals surface area contributed by atoms with E-state index in [0.717, 1.165) is 0 Å². The minimum absolute atomic E-state index is 0.135. The maximum absolute atomic E-state index is 14.0. The number of benzene rings is 2. The van der Waals surface area contributed by atoms with Crippen LogP contribution in [0.3, 0.4) is 0 Å². The fraction of sp³-hybridized carbons (Fsp3) is 0.455. The average Bonchev–Trinajstić information content (AvgIpc) is 3.48. The van der Waals surface area contributed by atoms with Crippen LogP contribution in [-0.2, 0) is 28.4 Å². The molecule has 1 amide bonds. The number of aromatic nitrogens is 1. The molecule has 57 heavy (non-hydrogen) atoms. The lowest BCUT2D eigenvalue weighted by atomic mass is 9.98. The van der Waals surface area contributed by atoms with Gasteiger partial charge in [0.05, 0.1) is 18.3 Å². The number of rotatable bonds is 11.